The smallest absolute Gasteiger partial charge is 0.145 e. The van der Waals surface area contributed by atoms with Gasteiger partial charge in [0.25, 0.3) is 0 Å². The van der Waals surface area contributed by atoms with Gasteiger partial charge in [-0.05, 0) is 13.8 Å². The first-order valence-corrected chi connectivity index (χ1v) is 3.05. The average Bonchev–Trinajstić information content (AvgIpc) is 1.33. The van der Waals surface area contributed by atoms with Gasteiger partial charge in [0, 0.05) is 13.2 Å². The Kier molecular flexibility index (Phi) is 13.8. The summed E-state index contributed by atoms with van der Waals surface area (Å²) >= 11 is 0. The van der Waals surface area contributed by atoms with Crippen molar-refractivity contribution in [3.05, 3.63) is 0 Å². The van der Waals surface area contributed by atoms with Crippen molar-refractivity contribution in [1.29, 1.82) is 0 Å². The van der Waals surface area contributed by atoms with E-state index >= 15 is 0 Å². The van der Waals surface area contributed by atoms with Crippen LogP contribution in [0.3, 0.4) is 0 Å². The van der Waals surface area contributed by atoms with Gasteiger partial charge in [-0.3, -0.25) is 0 Å². The van der Waals surface area contributed by atoms with Crippen LogP contribution in [-0.4, -0.2) is 28.8 Å². The molecule has 7 heavy (non-hydrogen) atoms. The van der Waals surface area contributed by atoms with Gasteiger partial charge in [-0.25, -0.2) is 0 Å². The Morgan fingerprint density at radius 2 is 1.57 bits per heavy atom. The lowest BCUT2D eigenvalue weighted by Crippen LogP contribution is -1.85. The molecule has 0 rings (SSSR count). The fraction of sp³-hybridized carbons (Fsp3) is 1.00. The molecule has 0 aliphatic rings. The van der Waals surface area contributed by atoms with Gasteiger partial charge in [0.05, 0.1) is 0 Å². The van der Waals surface area contributed by atoms with Crippen molar-refractivity contribution >= 4 is 10.5 Å². The van der Waals surface area contributed by atoms with Gasteiger partial charge in [0.2, 0.25) is 0 Å². The van der Waals surface area contributed by atoms with Gasteiger partial charge < -0.3 is 9.53 Å². The molecule has 0 heterocycles. The zero-order valence-corrected chi connectivity index (χ0v) is 7.43. The lowest BCUT2D eigenvalue weighted by Gasteiger charge is -1.80. The van der Waals surface area contributed by atoms with Crippen molar-refractivity contribution in [2.75, 3.05) is 7.11 Å². The van der Waals surface area contributed by atoms with E-state index in [1.807, 2.05) is 0 Å². The highest BCUT2D eigenvalue weighted by atomic mass is 28.2. The molecule has 0 saturated heterocycles. The third-order valence-corrected chi connectivity index (χ3v) is 0. The lowest BCUT2D eigenvalue weighted by molar-refractivity contribution is 0.216. The Morgan fingerprint density at radius 1 is 1.57 bits per heavy atom. The largest absolute Gasteiger partial charge is 0.431 e. The molecule has 0 spiro atoms. The summed E-state index contributed by atoms with van der Waals surface area (Å²) in [4.78, 5) is 0. The molecule has 0 radical (unpaired) electrons. The Labute approximate surface area is 48.0 Å². The van der Waals surface area contributed by atoms with E-state index in [1.54, 1.807) is 21.0 Å². The van der Waals surface area contributed by atoms with E-state index in [0.29, 0.717) is 0 Å². The molecule has 0 unspecified atom stereocenters. The monoisotopic (exact) mass is 122 g/mol. The van der Waals surface area contributed by atoms with Crippen molar-refractivity contribution in [3.63, 3.8) is 0 Å². The van der Waals surface area contributed by atoms with Crippen molar-refractivity contribution in [1.82, 2.24) is 0 Å². The van der Waals surface area contributed by atoms with Crippen LogP contribution in [0.2, 0.25) is 0 Å². The van der Waals surface area contributed by atoms with Crippen LogP contribution in [0.4, 0.5) is 0 Å². The predicted octanol–water partition coefficient (Wildman–Crippen LogP) is -0.700. The summed E-state index contributed by atoms with van der Waals surface area (Å²) in [7, 11) is 2.56. The molecule has 0 aliphatic heterocycles. The fourth-order valence-corrected chi connectivity index (χ4v) is 0. The maximum Gasteiger partial charge on any atom is 0.145 e. The van der Waals surface area contributed by atoms with Gasteiger partial charge in [0.1, 0.15) is 10.5 Å². The maximum absolute atomic E-state index is 8.06. The SMILES string of the molecule is CC(C)O.CO[SiH3]. The van der Waals surface area contributed by atoms with Crippen LogP contribution in [0, 0.1) is 0 Å². The molecule has 0 bridgehead atoms. The molecule has 0 atom stereocenters. The summed E-state index contributed by atoms with van der Waals surface area (Å²) in [6, 6.07) is 0. The Morgan fingerprint density at radius 3 is 1.57 bits per heavy atom. The van der Waals surface area contributed by atoms with E-state index in [9.17, 15) is 0 Å². The lowest BCUT2D eigenvalue weighted by atomic mass is 10.5. The van der Waals surface area contributed by atoms with Crippen LogP contribution in [0.15, 0.2) is 0 Å². The minimum absolute atomic E-state index is 0.167. The molecule has 2 nitrogen and oxygen atoms in total. The van der Waals surface area contributed by atoms with Crippen LogP contribution >= 0.6 is 0 Å². The second-order valence-corrected chi connectivity index (χ2v) is 2.32. The Balaban J connectivity index is 0. The molecule has 0 saturated carbocycles. The quantitative estimate of drug-likeness (QED) is 0.431. The molecule has 0 aliphatic carbocycles. The van der Waals surface area contributed by atoms with E-state index in [1.165, 1.54) is 0 Å². The van der Waals surface area contributed by atoms with Crippen LogP contribution in [0.25, 0.3) is 0 Å². The number of hydrogen-bond donors (Lipinski definition) is 1. The minimum Gasteiger partial charge on any atom is -0.431 e. The number of hydrogen-bond acceptors (Lipinski definition) is 2. The van der Waals surface area contributed by atoms with Crippen LogP contribution in [0.1, 0.15) is 13.8 Å². The molecular weight excluding hydrogens is 108 g/mol. The van der Waals surface area contributed by atoms with Gasteiger partial charge in [-0.15, -0.1) is 0 Å². The first-order chi connectivity index (χ1) is 3.15. The highest BCUT2D eigenvalue weighted by Gasteiger charge is 1.69. The molecule has 1 N–H and O–H groups in total. The van der Waals surface area contributed by atoms with Crippen LogP contribution in [-0.2, 0) is 4.43 Å². The minimum atomic E-state index is -0.167. The standard InChI is InChI=1S/C3H8O.CH6OSi/c1-3(2)4;1-2-3/h3-4H,1-2H3;1,3H3. The fourth-order valence-electron chi connectivity index (χ4n) is 0. The Bertz CT molecular complexity index is 20.9. The summed E-state index contributed by atoms with van der Waals surface area (Å²) in [6.45, 7) is 3.44. The number of aliphatic hydroxyl groups excluding tert-OH is 1. The van der Waals surface area contributed by atoms with Crippen molar-refractivity contribution in [2.45, 2.75) is 20.0 Å². The summed E-state index contributed by atoms with van der Waals surface area (Å²) in [5.41, 5.74) is 0. The molecule has 0 amide bonds. The Hall–Kier alpha value is 0.137. The third-order valence-electron chi connectivity index (χ3n) is 0. The van der Waals surface area contributed by atoms with Gasteiger partial charge >= 0.3 is 0 Å². The van der Waals surface area contributed by atoms with Crippen molar-refractivity contribution in [3.8, 4) is 0 Å². The zero-order chi connectivity index (χ0) is 6.28. The topological polar surface area (TPSA) is 29.5 Å². The van der Waals surface area contributed by atoms with E-state index in [0.717, 1.165) is 10.5 Å². The highest BCUT2D eigenvalue weighted by Crippen LogP contribution is 1.65. The second-order valence-electron chi connectivity index (χ2n) is 1.50. The summed E-state index contributed by atoms with van der Waals surface area (Å²) in [5.74, 6) is 0. The van der Waals surface area contributed by atoms with E-state index in [2.05, 4.69) is 4.43 Å². The first kappa shape index (κ1) is 10.2. The van der Waals surface area contributed by atoms with E-state index < -0.39 is 0 Å². The van der Waals surface area contributed by atoms with E-state index in [4.69, 9.17) is 5.11 Å². The normalized spacial score (nSPS) is 8.14. The van der Waals surface area contributed by atoms with Crippen molar-refractivity contribution < 1.29 is 9.53 Å². The van der Waals surface area contributed by atoms with Gasteiger partial charge in [-0.1, -0.05) is 0 Å². The van der Waals surface area contributed by atoms with Crippen LogP contribution < -0.4 is 0 Å². The summed E-state index contributed by atoms with van der Waals surface area (Å²) in [6.07, 6.45) is -0.167. The molecule has 0 aromatic carbocycles. The average molecular weight is 122 g/mol. The molecular formula is C4H14O2Si. The predicted molar refractivity (Wildman–Crippen MR) is 34.3 cm³/mol. The number of aliphatic hydroxyl groups is 1. The second kappa shape index (κ2) is 9.46. The summed E-state index contributed by atoms with van der Waals surface area (Å²) < 4.78 is 4.39. The maximum atomic E-state index is 8.06. The van der Waals surface area contributed by atoms with E-state index in [-0.39, 0.29) is 6.10 Å². The van der Waals surface area contributed by atoms with Crippen LogP contribution in [0.5, 0.6) is 0 Å². The molecule has 0 fully saturated rings. The molecule has 0 aromatic heterocycles. The molecule has 3 heteroatoms. The third kappa shape index (κ3) is 5610. The zero-order valence-electron chi connectivity index (χ0n) is 5.43. The molecule has 0 aromatic rings. The van der Waals surface area contributed by atoms with Gasteiger partial charge in [0.15, 0.2) is 0 Å². The highest BCUT2D eigenvalue weighted by molar-refractivity contribution is 5.97. The molecule has 46 valence electrons. The van der Waals surface area contributed by atoms with Gasteiger partial charge in [-0.2, -0.15) is 0 Å². The number of rotatable bonds is 0. The summed E-state index contributed by atoms with van der Waals surface area (Å²) in [5, 5.41) is 8.06. The van der Waals surface area contributed by atoms with Crippen molar-refractivity contribution in [2.24, 2.45) is 0 Å². The first-order valence-electron chi connectivity index (χ1n) is 2.23.